The first kappa shape index (κ1) is 33.6. The summed E-state index contributed by atoms with van der Waals surface area (Å²) in [5.41, 5.74) is 15.2. The lowest BCUT2D eigenvalue weighted by Gasteiger charge is -2.33. The Morgan fingerprint density at radius 2 is 1.09 bits per heavy atom. The van der Waals surface area contributed by atoms with Crippen molar-refractivity contribution in [3.63, 3.8) is 0 Å². The summed E-state index contributed by atoms with van der Waals surface area (Å²) in [5, 5.41) is 15.5. The van der Waals surface area contributed by atoms with E-state index in [-0.39, 0.29) is 17.6 Å². The SMILES string of the molecule is CC1(C)c2ccccc2-c2cccc(-c3ccc(C4=CC(c5ccccc5)NC(c5ccc(-c6c7ccccc7cc7c6ccc6ccccc67)cc5)N4)cc3)c21. The van der Waals surface area contributed by atoms with Gasteiger partial charge in [-0.25, -0.2) is 0 Å². The maximum absolute atomic E-state index is 3.92. The summed E-state index contributed by atoms with van der Waals surface area (Å²) in [6.07, 6.45) is 2.25. The van der Waals surface area contributed by atoms with Crippen LogP contribution in [0.5, 0.6) is 0 Å². The molecule has 0 bridgehead atoms. The van der Waals surface area contributed by atoms with E-state index >= 15 is 0 Å². The normalized spacial score (nSPS) is 16.9. The van der Waals surface area contributed by atoms with E-state index in [1.54, 1.807) is 0 Å². The quantitative estimate of drug-likeness (QED) is 0.136. The molecular weight excluding hydrogens is 689 g/mol. The van der Waals surface area contributed by atoms with Crippen molar-refractivity contribution in [3.8, 4) is 33.4 Å². The Balaban J connectivity index is 0.952. The van der Waals surface area contributed by atoms with Gasteiger partial charge in [0.05, 0.1) is 6.04 Å². The van der Waals surface area contributed by atoms with Gasteiger partial charge in [0.2, 0.25) is 0 Å². The van der Waals surface area contributed by atoms with Crippen LogP contribution in [-0.2, 0) is 5.41 Å². The van der Waals surface area contributed by atoms with Crippen LogP contribution in [0, 0.1) is 0 Å². The Morgan fingerprint density at radius 1 is 0.439 bits per heavy atom. The van der Waals surface area contributed by atoms with Crippen LogP contribution in [0.25, 0.3) is 71.4 Å². The van der Waals surface area contributed by atoms with E-state index in [1.807, 2.05) is 0 Å². The molecule has 2 aliphatic rings. The average molecular weight is 731 g/mol. The molecule has 0 amide bonds. The van der Waals surface area contributed by atoms with Gasteiger partial charge < -0.3 is 5.32 Å². The van der Waals surface area contributed by atoms with Gasteiger partial charge in [0.25, 0.3) is 0 Å². The Kier molecular flexibility index (Phi) is 7.77. The number of benzene rings is 9. The highest BCUT2D eigenvalue weighted by Crippen LogP contribution is 2.52. The lowest BCUT2D eigenvalue weighted by atomic mass is 9.79. The molecule has 2 atom stereocenters. The van der Waals surface area contributed by atoms with Crippen molar-refractivity contribution in [1.29, 1.82) is 0 Å². The van der Waals surface area contributed by atoms with Crippen LogP contribution in [0.2, 0.25) is 0 Å². The van der Waals surface area contributed by atoms with Crippen molar-refractivity contribution < 1.29 is 0 Å². The molecule has 2 heteroatoms. The smallest absolute Gasteiger partial charge is 0.104 e. The predicted molar refractivity (Wildman–Crippen MR) is 240 cm³/mol. The van der Waals surface area contributed by atoms with Crippen molar-refractivity contribution in [3.05, 3.63) is 222 Å². The molecule has 0 aromatic heterocycles. The summed E-state index contributed by atoms with van der Waals surface area (Å²) in [6.45, 7) is 4.73. The van der Waals surface area contributed by atoms with Crippen molar-refractivity contribution in [2.75, 3.05) is 0 Å². The molecule has 0 saturated carbocycles. The van der Waals surface area contributed by atoms with Crippen LogP contribution < -0.4 is 10.6 Å². The fraction of sp³-hybridized carbons (Fsp3) is 0.0909. The maximum atomic E-state index is 3.92. The highest BCUT2D eigenvalue weighted by molar-refractivity contribution is 6.20. The molecule has 57 heavy (non-hydrogen) atoms. The third kappa shape index (κ3) is 5.51. The molecule has 272 valence electrons. The minimum atomic E-state index is -0.0890. The largest absolute Gasteiger partial charge is 0.366 e. The molecule has 1 heterocycles. The van der Waals surface area contributed by atoms with E-state index in [0.717, 1.165) is 5.70 Å². The van der Waals surface area contributed by atoms with Crippen molar-refractivity contribution >= 4 is 38.0 Å². The van der Waals surface area contributed by atoms with Gasteiger partial charge in [-0.15, -0.1) is 0 Å². The Labute approximate surface area is 334 Å². The standard InChI is InChI=1S/C55H42N2/c1-55(2)49-22-11-10-19-45(49)47-21-12-20-44(53(47)55)36-23-25-38(26-24-36)51-34-50(37-14-4-3-5-15-37)56-54(57-51)40-29-27-39(28-30-40)52-43-18-9-7-16-41(43)33-48-42-17-8-6-13-35(42)31-32-46(48)52/h3-34,50,54,56-57H,1-2H3. The van der Waals surface area contributed by atoms with E-state index in [9.17, 15) is 0 Å². The number of hydrogen-bond donors (Lipinski definition) is 2. The first-order valence-electron chi connectivity index (χ1n) is 20.1. The van der Waals surface area contributed by atoms with E-state index in [2.05, 4.69) is 219 Å². The topological polar surface area (TPSA) is 24.1 Å². The fourth-order valence-electron chi connectivity index (χ4n) is 9.74. The van der Waals surface area contributed by atoms with Gasteiger partial charge >= 0.3 is 0 Å². The van der Waals surface area contributed by atoms with Gasteiger partial charge in [-0.3, -0.25) is 5.32 Å². The summed E-state index contributed by atoms with van der Waals surface area (Å²) < 4.78 is 0. The molecule has 11 rings (SSSR count). The number of nitrogens with one attached hydrogen (secondary N) is 2. The molecule has 9 aromatic rings. The lowest BCUT2D eigenvalue weighted by Crippen LogP contribution is -2.39. The zero-order valence-corrected chi connectivity index (χ0v) is 32.1. The second kappa shape index (κ2) is 13.2. The maximum Gasteiger partial charge on any atom is 0.104 e. The van der Waals surface area contributed by atoms with Gasteiger partial charge in [0, 0.05) is 11.1 Å². The first-order valence-corrected chi connectivity index (χ1v) is 20.1. The molecule has 0 saturated heterocycles. The molecule has 2 N–H and O–H groups in total. The molecule has 2 unspecified atom stereocenters. The molecular formula is C55H42N2. The number of fused-ring (bicyclic) bond motifs is 7. The summed E-state index contributed by atoms with van der Waals surface area (Å²) >= 11 is 0. The van der Waals surface area contributed by atoms with Gasteiger partial charge in [-0.2, -0.15) is 0 Å². The summed E-state index contributed by atoms with van der Waals surface area (Å²) in [7, 11) is 0. The van der Waals surface area contributed by atoms with E-state index in [0.29, 0.717) is 0 Å². The van der Waals surface area contributed by atoms with Gasteiger partial charge in [0.15, 0.2) is 0 Å². The number of rotatable bonds is 5. The second-order valence-corrected chi connectivity index (χ2v) is 16.2. The third-order valence-electron chi connectivity index (χ3n) is 12.5. The van der Waals surface area contributed by atoms with E-state index in [1.165, 1.54) is 93.5 Å². The van der Waals surface area contributed by atoms with Crippen LogP contribution in [0.3, 0.4) is 0 Å². The second-order valence-electron chi connectivity index (χ2n) is 16.2. The molecule has 0 fully saturated rings. The Morgan fingerprint density at radius 3 is 1.91 bits per heavy atom. The Bertz CT molecular complexity index is 3030. The predicted octanol–water partition coefficient (Wildman–Crippen LogP) is 13.8. The molecule has 1 aliphatic heterocycles. The minimum Gasteiger partial charge on any atom is -0.366 e. The van der Waals surface area contributed by atoms with Crippen LogP contribution in [-0.4, -0.2) is 0 Å². The zero-order valence-electron chi connectivity index (χ0n) is 32.1. The van der Waals surface area contributed by atoms with Crippen molar-refractivity contribution in [2.45, 2.75) is 31.5 Å². The van der Waals surface area contributed by atoms with Crippen molar-refractivity contribution in [1.82, 2.24) is 10.6 Å². The average Bonchev–Trinajstić information content (AvgIpc) is 3.51. The van der Waals surface area contributed by atoms with Gasteiger partial charge in [-0.1, -0.05) is 196 Å². The molecule has 2 nitrogen and oxygen atoms in total. The van der Waals surface area contributed by atoms with Crippen LogP contribution in [0.1, 0.15) is 53.9 Å². The van der Waals surface area contributed by atoms with Crippen LogP contribution in [0.15, 0.2) is 194 Å². The monoisotopic (exact) mass is 730 g/mol. The van der Waals surface area contributed by atoms with Crippen LogP contribution >= 0.6 is 0 Å². The van der Waals surface area contributed by atoms with E-state index in [4.69, 9.17) is 0 Å². The number of hydrogen-bond acceptors (Lipinski definition) is 2. The molecule has 0 spiro atoms. The summed E-state index contributed by atoms with van der Waals surface area (Å²) in [6, 6.07) is 69.2. The molecule has 9 aromatic carbocycles. The van der Waals surface area contributed by atoms with Crippen LogP contribution in [0.4, 0.5) is 0 Å². The summed E-state index contributed by atoms with van der Waals surface area (Å²) in [5.74, 6) is 0. The Hall–Kier alpha value is -6.74. The zero-order chi connectivity index (χ0) is 38.1. The van der Waals surface area contributed by atoms with Gasteiger partial charge in [-0.05, 0) is 106 Å². The highest BCUT2D eigenvalue weighted by atomic mass is 15.2. The van der Waals surface area contributed by atoms with Gasteiger partial charge in [0.1, 0.15) is 6.17 Å². The van der Waals surface area contributed by atoms with E-state index < -0.39 is 0 Å². The third-order valence-corrected chi connectivity index (χ3v) is 12.5. The summed E-state index contributed by atoms with van der Waals surface area (Å²) in [4.78, 5) is 0. The van der Waals surface area contributed by atoms with Crippen molar-refractivity contribution in [2.24, 2.45) is 0 Å². The molecule has 1 aliphatic carbocycles. The fourth-order valence-corrected chi connectivity index (χ4v) is 9.74. The molecule has 0 radical (unpaired) electrons. The lowest BCUT2D eigenvalue weighted by molar-refractivity contribution is 0.443. The minimum absolute atomic E-state index is 0.0405. The highest BCUT2D eigenvalue weighted by Gasteiger charge is 2.37. The first-order chi connectivity index (χ1) is 28.0.